The van der Waals surface area contributed by atoms with E-state index in [0.29, 0.717) is 0 Å². The number of hydrogen-bond donors (Lipinski definition) is 2. The maximum atomic E-state index is 14.7. The highest BCUT2D eigenvalue weighted by Gasteiger charge is 2.54. The van der Waals surface area contributed by atoms with Crippen molar-refractivity contribution in [1.82, 2.24) is 24.8 Å². The van der Waals surface area contributed by atoms with E-state index in [1.165, 1.54) is 18.2 Å². The summed E-state index contributed by atoms with van der Waals surface area (Å²) in [5, 5.41) is 6.42. The van der Waals surface area contributed by atoms with Crippen LogP contribution in [0.4, 0.5) is 27.8 Å². The number of hydrogen-bond acceptors (Lipinski definition) is 6. The summed E-state index contributed by atoms with van der Waals surface area (Å²) >= 11 is 0. The van der Waals surface area contributed by atoms with Crippen LogP contribution in [0.1, 0.15) is 35.7 Å². The number of fused-ring (bicyclic) bond motifs is 1. The zero-order valence-electron chi connectivity index (χ0n) is 20.1. The van der Waals surface area contributed by atoms with Gasteiger partial charge in [-0.2, -0.15) is 18.3 Å². The van der Waals surface area contributed by atoms with Crippen molar-refractivity contribution >= 4 is 23.1 Å². The number of amides is 2. The Bertz CT molecular complexity index is 1420. The minimum Gasteiger partial charge on any atom is -0.493 e. The number of ether oxygens (including phenoxy) is 1. The topological polar surface area (TPSA) is 115 Å². The van der Waals surface area contributed by atoms with Crippen molar-refractivity contribution in [2.75, 3.05) is 25.4 Å². The first-order valence-corrected chi connectivity index (χ1v) is 11.8. The van der Waals surface area contributed by atoms with Crippen molar-refractivity contribution in [1.29, 1.82) is 0 Å². The van der Waals surface area contributed by atoms with Crippen molar-refractivity contribution in [3.05, 3.63) is 41.7 Å². The predicted octanol–water partition coefficient (Wildman–Crippen LogP) is 3.18. The number of halogens is 5. The summed E-state index contributed by atoms with van der Waals surface area (Å²) in [7, 11) is 0. The summed E-state index contributed by atoms with van der Waals surface area (Å²) in [5.74, 6) is -1.83. The molecule has 5 rings (SSSR count). The molecule has 38 heavy (non-hydrogen) atoms. The lowest BCUT2D eigenvalue weighted by Gasteiger charge is -2.19. The van der Waals surface area contributed by atoms with Crippen LogP contribution >= 0.6 is 0 Å². The number of benzene rings is 1. The molecule has 0 bridgehead atoms. The number of carbonyl (C=O) groups is 2. The molecule has 1 aromatic carbocycles. The zero-order chi connectivity index (χ0) is 27.4. The molecular formula is C24H23F5N6O3. The van der Waals surface area contributed by atoms with Gasteiger partial charge >= 0.3 is 6.18 Å². The highest BCUT2D eigenvalue weighted by atomic mass is 19.4. The summed E-state index contributed by atoms with van der Waals surface area (Å²) in [4.78, 5) is 30.2. The van der Waals surface area contributed by atoms with Crippen LogP contribution in [0.2, 0.25) is 0 Å². The second kappa shape index (κ2) is 9.10. The van der Waals surface area contributed by atoms with Gasteiger partial charge < -0.3 is 20.7 Å². The van der Waals surface area contributed by atoms with Gasteiger partial charge in [-0.1, -0.05) is 0 Å². The first-order chi connectivity index (χ1) is 17.9. The Hall–Kier alpha value is -3.97. The molecule has 2 atom stereocenters. The molecule has 1 aliphatic heterocycles. The molecule has 0 radical (unpaired) electrons. The Morgan fingerprint density at radius 2 is 1.97 bits per heavy atom. The molecule has 0 unspecified atom stereocenters. The zero-order valence-corrected chi connectivity index (χ0v) is 20.1. The van der Waals surface area contributed by atoms with Crippen LogP contribution in [0.15, 0.2) is 30.6 Å². The third kappa shape index (κ3) is 4.47. The maximum Gasteiger partial charge on any atom is 0.418 e. The van der Waals surface area contributed by atoms with E-state index in [0.717, 1.165) is 21.8 Å². The monoisotopic (exact) mass is 538 g/mol. The first kappa shape index (κ1) is 25.7. The third-order valence-electron chi connectivity index (χ3n) is 6.63. The molecule has 3 N–H and O–H groups in total. The third-order valence-corrected chi connectivity index (χ3v) is 6.63. The van der Waals surface area contributed by atoms with Crippen molar-refractivity contribution in [3.8, 4) is 17.0 Å². The quantitative estimate of drug-likeness (QED) is 0.466. The molecule has 3 heterocycles. The van der Waals surface area contributed by atoms with Gasteiger partial charge in [0.2, 0.25) is 0 Å². The van der Waals surface area contributed by atoms with E-state index in [1.807, 2.05) is 0 Å². The molecule has 1 aliphatic carbocycles. The fourth-order valence-electron chi connectivity index (χ4n) is 4.56. The fraction of sp³-hybridized carbons (Fsp3) is 0.417. The molecular weight excluding hydrogens is 515 g/mol. The Morgan fingerprint density at radius 3 is 2.63 bits per heavy atom. The number of rotatable bonds is 6. The van der Waals surface area contributed by atoms with Gasteiger partial charge in [-0.25, -0.2) is 18.3 Å². The highest BCUT2D eigenvalue weighted by Crippen LogP contribution is 2.42. The lowest BCUT2D eigenvalue weighted by molar-refractivity contribution is -0.137. The van der Waals surface area contributed by atoms with E-state index in [4.69, 9.17) is 10.5 Å². The van der Waals surface area contributed by atoms with Crippen LogP contribution in [-0.4, -0.2) is 68.9 Å². The van der Waals surface area contributed by atoms with E-state index < -0.39 is 47.0 Å². The number of nitrogens with two attached hydrogens (primary N) is 1. The van der Waals surface area contributed by atoms with Gasteiger partial charge in [-0.3, -0.25) is 9.59 Å². The summed E-state index contributed by atoms with van der Waals surface area (Å²) in [6.45, 7) is 1.28. The minimum atomic E-state index is -4.76. The van der Waals surface area contributed by atoms with Crippen molar-refractivity contribution in [2.45, 2.75) is 43.8 Å². The summed E-state index contributed by atoms with van der Waals surface area (Å²) < 4.78 is 76.6. The number of carbonyl (C=O) groups excluding carboxylic acids is 2. The van der Waals surface area contributed by atoms with Gasteiger partial charge in [0, 0.05) is 12.1 Å². The van der Waals surface area contributed by atoms with Gasteiger partial charge in [0.15, 0.2) is 11.5 Å². The number of nitrogen functional groups attached to an aromatic ring is 1. The van der Waals surface area contributed by atoms with Crippen molar-refractivity contribution in [3.63, 3.8) is 0 Å². The predicted molar refractivity (Wildman–Crippen MR) is 125 cm³/mol. The van der Waals surface area contributed by atoms with E-state index in [2.05, 4.69) is 15.4 Å². The van der Waals surface area contributed by atoms with Gasteiger partial charge in [0.05, 0.1) is 36.0 Å². The molecule has 14 heteroatoms. The average molecular weight is 538 g/mol. The largest absolute Gasteiger partial charge is 0.493 e. The molecule has 2 aromatic heterocycles. The summed E-state index contributed by atoms with van der Waals surface area (Å²) in [6.07, 6.45) is -5.21. The molecule has 2 aliphatic rings. The maximum absolute atomic E-state index is 14.7. The van der Waals surface area contributed by atoms with Gasteiger partial charge in [0.1, 0.15) is 23.8 Å². The van der Waals surface area contributed by atoms with Crippen LogP contribution in [0.3, 0.4) is 0 Å². The smallest absolute Gasteiger partial charge is 0.418 e. The van der Waals surface area contributed by atoms with Crippen LogP contribution < -0.4 is 15.8 Å². The summed E-state index contributed by atoms with van der Waals surface area (Å²) in [6, 6.07) is 3.90. The van der Waals surface area contributed by atoms with Crippen LogP contribution in [-0.2, 0) is 11.0 Å². The number of anilines is 1. The SMILES string of the molecule is CCOc1ccc(-c2cc(C(F)(F)F)c3c(N)ncnn23)cc1C(=O)N[C@@H]1CN(C(=O)C2(F)CC2)C[C@@H]1F. The number of nitrogens with zero attached hydrogens (tertiary/aromatic N) is 4. The van der Waals surface area contributed by atoms with Gasteiger partial charge in [-0.05, 0) is 44.0 Å². The first-order valence-electron chi connectivity index (χ1n) is 11.8. The van der Waals surface area contributed by atoms with Crippen molar-refractivity contribution in [2.24, 2.45) is 0 Å². The highest BCUT2D eigenvalue weighted by molar-refractivity contribution is 5.99. The Labute approximate surface area is 212 Å². The summed E-state index contributed by atoms with van der Waals surface area (Å²) in [5.41, 5.74) is 2.35. The molecule has 202 valence electrons. The van der Waals surface area contributed by atoms with Crippen LogP contribution in [0, 0.1) is 0 Å². The molecule has 1 saturated carbocycles. The molecule has 2 fully saturated rings. The number of likely N-dealkylation sites (tertiary alicyclic amines) is 1. The molecule has 9 nitrogen and oxygen atoms in total. The molecule has 3 aromatic rings. The van der Waals surface area contributed by atoms with Crippen LogP contribution in [0.25, 0.3) is 16.8 Å². The van der Waals surface area contributed by atoms with E-state index in [-0.39, 0.29) is 60.9 Å². The van der Waals surface area contributed by atoms with E-state index >= 15 is 0 Å². The van der Waals surface area contributed by atoms with Crippen LogP contribution in [0.5, 0.6) is 5.75 Å². The minimum absolute atomic E-state index is 0.0165. The van der Waals surface area contributed by atoms with Crippen molar-refractivity contribution < 1.29 is 36.3 Å². The number of nitrogens with one attached hydrogen (secondary N) is 1. The van der Waals surface area contributed by atoms with E-state index in [9.17, 15) is 31.5 Å². The Kier molecular flexibility index (Phi) is 6.15. The number of alkyl halides is 5. The second-order valence-electron chi connectivity index (χ2n) is 9.26. The Balaban J connectivity index is 1.48. The average Bonchev–Trinajstić information content (AvgIpc) is 3.31. The molecule has 2 amide bonds. The lowest BCUT2D eigenvalue weighted by Crippen LogP contribution is -2.43. The normalized spacial score (nSPS) is 20.5. The fourth-order valence-corrected chi connectivity index (χ4v) is 4.56. The Morgan fingerprint density at radius 1 is 1.24 bits per heavy atom. The van der Waals surface area contributed by atoms with E-state index in [1.54, 1.807) is 6.92 Å². The lowest BCUT2D eigenvalue weighted by atomic mass is 10.1. The molecule has 0 spiro atoms. The van der Waals surface area contributed by atoms with Gasteiger partial charge in [-0.15, -0.1) is 0 Å². The number of aromatic nitrogens is 3. The van der Waals surface area contributed by atoms with Gasteiger partial charge in [0.25, 0.3) is 11.8 Å². The second-order valence-corrected chi connectivity index (χ2v) is 9.26. The molecule has 1 saturated heterocycles. The standard InChI is InChI=1S/C24H23F5N6O3/c1-2-38-18-4-3-12(17-8-14(24(27,28)29)19-20(30)31-11-32-35(17)19)7-13(18)21(36)33-16-10-34(9-15(16)25)22(37)23(26)5-6-23/h3-4,7-8,11,15-16H,2,5-6,9-10H2,1H3,(H,33,36)(H2,30,31,32)/t15-,16+/m0/s1.